The van der Waals surface area contributed by atoms with Gasteiger partial charge in [-0.2, -0.15) is 13.2 Å². The van der Waals surface area contributed by atoms with Gasteiger partial charge in [0.1, 0.15) is 5.69 Å². The number of nitrogens with zero attached hydrogens (tertiary/aromatic N) is 3. The Hall–Kier alpha value is -2.39. The quantitative estimate of drug-likeness (QED) is 0.773. The number of hydrogen-bond donors (Lipinski definition) is 2. The minimum Gasteiger partial charge on any atom is -0.356 e. The fourth-order valence-electron chi connectivity index (χ4n) is 3.11. The summed E-state index contributed by atoms with van der Waals surface area (Å²) >= 11 is 0. The topological polar surface area (TPSA) is 87.2 Å². The van der Waals surface area contributed by atoms with Crippen LogP contribution in [-0.4, -0.2) is 47.5 Å². The normalized spacial score (nSPS) is 20.1. The number of halogens is 3. The Morgan fingerprint density at radius 3 is 2.70 bits per heavy atom. The highest BCUT2D eigenvalue weighted by molar-refractivity contribution is 5.86. The van der Waals surface area contributed by atoms with Crippen molar-refractivity contribution >= 4 is 17.8 Å². The maximum absolute atomic E-state index is 13.0. The Bertz CT molecular complexity index is 721. The van der Waals surface area contributed by atoms with E-state index in [4.69, 9.17) is 0 Å². The molecule has 0 radical (unpaired) electrons. The minimum atomic E-state index is -4.53. The number of carbonyl (C=O) groups is 2. The van der Waals surface area contributed by atoms with Crippen molar-refractivity contribution in [2.45, 2.75) is 44.8 Å². The van der Waals surface area contributed by atoms with Crippen molar-refractivity contribution in [3.05, 3.63) is 17.5 Å². The molecule has 1 aromatic rings. The summed E-state index contributed by atoms with van der Waals surface area (Å²) in [6.07, 6.45) is -2.08. The van der Waals surface area contributed by atoms with E-state index in [2.05, 4.69) is 20.6 Å². The molecule has 1 aliphatic carbocycles. The summed E-state index contributed by atoms with van der Waals surface area (Å²) in [4.78, 5) is 33.1. The molecule has 1 unspecified atom stereocenters. The van der Waals surface area contributed by atoms with E-state index in [1.807, 2.05) is 0 Å². The number of nitrogens with one attached hydrogen (secondary N) is 2. The second-order valence-electron chi connectivity index (χ2n) is 6.95. The van der Waals surface area contributed by atoms with Crippen LogP contribution in [0.25, 0.3) is 0 Å². The average Bonchev–Trinajstić information content (AvgIpc) is 3.42. The van der Waals surface area contributed by atoms with E-state index in [1.165, 1.54) is 6.92 Å². The Balaban J connectivity index is 1.63. The van der Waals surface area contributed by atoms with Crippen molar-refractivity contribution in [2.24, 2.45) is 5.92 Å². The van der Waals surface area contributed by atoms with Crippen LogP contribution >= 0.6 is 0 Å². The summed E-state index contributed by atoms with van der Waals surface area (Å²) in [6.45, 7) is 2.55. The van der Waals surface area contributed by atoms with Gasteiger partial charge in [-0.1, -0.05) is 0 Å². The largest absolute Gasteiger partial charge is 0.433 e. The molecule has 3 rings (SSSR count). The molecule has 10 heteroatoms. The molecule has 1 saturated carbocycles. The molecule has 2 aliphatic rings. The maximum atomic E-state index is 13.0. The van der Waals surface area contributed by atoms with Gasteiger partial charge in [-0.25, -0.2) is 9.97 Å². The predicted octanol–water partition coefficient (Wildman–Crippen LogP) is 1.42. The summed E-state index contributed by atoms with van der Waals surface area (Å²) in [6, 6.07) is 1.01. The van der Waals surface area contributed by atoms with Gasteiger partial charge < -0.3 is 15.5 Å². The van der Waals surface area contributed by atoms with Gasteiger partial charge in [0.15, 0.2) is 0 Å². The predicted molar refractivity (Wildman–Crippen MR) is 90.9 cm³/mol. The molecular weight excluding hydrogens is 363 g/mol. The third kappa shape index (κ3) is 5.08. The Morgan fingerprint density at radius 2 is 2.07 bits per heavy atom. The van der Waals surface area contributed by atoms with Gasteiger partial charge in [0, 0.05) is 43.7 Å². The zero-order valence-electron chi connectivity index (χ0n) is 15.0. The van der Waals surface area contributed by atoms with E-state index in [0.29, 0.717) is 19.5 Å². The van der Waals surface area contributed by atoms with E-state index in [9.17, 15) is 22.8 Å². The number of aryl methyl sites for hydroxylation is 1. The van der Waals surface area contributed by atoms with E-state index in [-0.39, 0.29) is 48.4 Å². The van der Waals surface area contributed by atoms with E-state index in [0.717, 1.165) is 18.9 Å². The first-order valence-electron chi connectivity index (χ1n) is 8.98. The van der Waals surface area contributed by atoms with Crippen LogP contribution in [0.2, 0.25) is 0 Å². The van der Waals surface area contributed by atoms with E-state index >= 15 is 0 Å². The molecule has 1 atom stereocenters. The lowest BCUT2D eigenvalue weighted by molar-refractivity contribution is -0.141. The molecule has 1 saturated heterocycles. The van der Waals surface area contributed by atoms with Crippen LogP contribution < -0.4 is 15.5 Å². The van der Waals surface area contributed by atoms with Crippen molar-refractivity contribution in [1.29, 1.82) is 0 Å². The third-order valence-corrected chi connectivity index (χ3v) is 4.65. The molecule has 2 heterocycles. The van der Waals surface area contributed by atoms with Crippen LogP contribution in [0.15, 0.2) is 6.07 Å². The van der Waals surface area contributed by atoms with Crippen LogP contribution in [0.4, 0.5) is 19.1 Å². The highest BCUT2D eigenvalue weighted by atomic mass is 19.4. The lowest BCUT2D eigenvalue weighted by Crippen LogP contribution is -2.43. The molecule has 2 amide bonds. The van der Waals surface area contributed by atoms with Crippen molar-refractivity contribution in [1.82, 2.24) is 20.6 Å². The molecule has 27 heavy (non-hydrogen) atoms. The highest BCUT2D eigenvalue weighted by Crippen LogP contribution is 2.33. The number of carbonyl (C=O) groups excluding carboxylic acids is 2. The maximum Gasteiger partial charge on any atom is 0.433 e. The summed E-state index contributed by atoms with van der Waals surface area (Å²) in [5.41, 5.74) is -0.719. The molecule has 1 aromatic heterocycles. The van der Waals surface area contributed by atoms with Crippen molar-refractivity contribution in [3.8, 4) is 0 Å². The number of hydrogen-bond acceptors (Lipinski definition) is 5. The fraction of sp³-hybridized carbons (Fsp3) is 0.647. The first-order chi connectivity index (χ1) is 12.7. The number of alkyl halides is 3. The Morgan fingerprint density at radius 1 is 1.33 bits per heavy atom. The zero-order valence-corrected chi connectivity index (χ0v) is 15.0. The summed E-state index contributed by atoms with van der Waals surface area (Å²) < 4.78 is 39.1. The van der Waals surface area contributed by atoms with E-state index in [1.54, 1.807) is 4.90 Å². The van der Waals surface area contributed by atoms with E-state index < -0.39 is 11.9 Å². The van der Waals surface area contributed by atoms with Gasteiger partial charge in [0.05, 0.1) is 0 Å². The highest BCUT2D eigenvalue weighted by Gasteiger charge is 2.36. The molecule has 2 N–H and O–H groups in total. The van der Waals surface area contributed by atoms with Crippen LogP contribution in [0.5, 0.6) is 0 Å². The number of anilines is 1. The van der Waals surface area contributed by atoms with Crippen LogP contribution in [0, 0.1) is 12.8 Å². The van der Waals surface area contributed by atoms with Gasteiger partial charge >= 0.3 is 6.18 Å². The monoisotopic (exact) mass is 385 g/mol. The van der Waals surface area contributed by atoms with Gasteiger partial charge in [-0.05, 0) is 32.3 Å². The Kier molecular flexibility index (Phi) is 5.52. The first-order valence-corrected chi connectivity index (χ1v) is 8.98. The number of piperidine rings is 1. The Labute approximate surface area is 154 Å². The van der Waals surface area contributed by atoms with Gasteiger partial charge in [0.2, 0.25) is 17.8 Å². The van der Waals surface area contributed by atoms with Crippen LogP contribution in [-0.2, 0) is 15.8 Å². The smallest absolute Gasteiger partial charge is 0.356 e. The molecule has 0 spiro atoms. The molecule has 2 fully saturated rings. The number of aromatic nitrogens is 2. The summed E-state index contributed by atoms with van der Waals surface area (Å²) in [5.74, 6) is -0.674. The van der Waals surface area contributed by atoms with Gasteiger partial charge in [0.25, 0.3) is 0 Å². The lowest BCUT2D eigenvalue weighted by atomic mass is 9.97. The summed E-state index contributed by atoms with van der Waals surface area (Å²) in [7, 11) is 0. The molecule has 0 bridgehead atoms. The molecule has 7 nitrogen and oxygen atoms in total. The van der Waals surface area contributed by atoms with Gasteiger partial charge in [-0.15, -0.1) is 0 Å². The second kappa shape index (κ2) is 7.69. The fourth-order valence-corrected chi connectivity index (χ4v) is 3.11. The van der Waals surface area contributed by atoms with Crippen molar-refractivity contribution in [3.63, 3.8) is 0 Å². The zero-order chi connectivity index (χ0) is 19.6. The molecular formula is C17H22F3N5O2. The van der Waals surface area contributed by atoms with Crippen molar-refractivity contribution < 1.29 is 22.8 Å². The SMILES string of the molecule is Cc1cc(C(F)(F)F)nc(N(CCNC(=O)C2CCNC(=O)C2)C2CC2)n1. The van der Waals surface area contributed by atoms with Crippen LogP contribution in [0.1, 0.15) is 37.1 Å². The van der Waals surface area contributed by atoms with Crippen LogP contribution in [0.3, 0.4) is 0 Å². The second-order valence-corrected chi connectivity index (χ2v) is 6.95. The molecule has 1 aliphatic heterocycles. The third-order valence-electron chi connectivity index (χ3n) is 4.65. The minimum absolute atomic E-state index is 0.0381. The standard InChI is InChI=1S/C17H22F3N5O2/c1-10-8-13(17(18,19)20)24-16(23-10)25(12-2-3-12)7-6-22-15(27)11-4-5-21-14(26)9-11/h8,11-12H,2-7,9H2,1H3,(H,21,26)(H,22,27). The lowest BCUT2D eigenvalue weighted by Gasteiger charge is -2.25. The van der Waals surface area contributed by atoms with Gasteiger partial charge in [-0.3, -0.25) is 9.59 Å². The number of amides is 2. The number of rotatable bonds is 6. The summed E-state index contributed by atoms with van der Waals surface area (Å²) in [5, 5.41) is 5.45. The molecule has 148 valence electrons. The van der Waals surface area contributed by atoms with Crippen molar-refractivity contribution in [2.75, 3.05) is 24.5 Å². The average molecular weight is 385 g/mol. The molecule has 0 aromatic carbocycles. The first kappa shape index (κ1) is 19.4.